The Labute approximate surface area is 139 Å². The third kappa shape index (κ3) is 4.48. The second kappa shape index (κ2) is 6.10. The van der Waals surface area contributed by atoms with Crippen LogP contribution < -0.4 is 4.74 Å². The number of fused-ring (bicyclic) bond motifs is 1. The van der Waals surface area contributed by atoms with Crippen LogP contribution in [0.3, 0.4) is 0 Å². The first kappa shape index (κ1) is 16.8. The Hall–Kier alpha value is -1.07. The zero-order valence-electron chi connectivity index (χ0n) is 14.3. The molecule has 0 N–H and O–H groups in total. The molecule has 0 aromatic heterocycles. The van der Waals surface area contributed by atoms with Gasteiger partial charge in [0.25, 0.3) is 0 Å². The Kier molecular flexibility index (Phi) is 4.45. The van der Waals surface area contributed by atoms with Crippen molar-refractivity contribution in [2.24, 2.45) is 5.92 Å². The highest BCUT2D eigenvalue weighted by atomic mass is 32.2. The summed E-state index contributed by atoms with van der Waals surface area (Å²) >= 11 is 0. The summed E-state index contributed by atoms with van der Waals surface area (Å²) in [7, 11) is -2.88. The molecule has 1 aromatic rings. The van der Waals surface area contributed by atoms with E-state index in [1.54, 1.807) is 0 Å². The minimum Gasteiger partial charge on any atom is -0.487 e. The summed E-state index contributed by atoms with van der Waals surface area (Å²) in [6.07, 6.45) is 4.40. The number of ether oxygens (including phenoxy) is 1. The molecular weight excluding hydrogens is 310 g/mol. The van der Waals surface area contributed by atoms with Gasteiger partial charge in [0.1, 0.15) is 21.2 Å². The zero-order valence-corrected chi connectivity index (χ0v) is 15.2. The summed E-state index contributed by atoms with van der Waals surface area (Å²) in [5.74, 6) is 1.60. The molecule has 0 radical (unpaired) electrons. The van der Waals surface area contributed by atoms with Crippen LogP contribution in [-0.2, 0) is 22.8 Å². The number of likely N-dealkylation sites (tertiary alicyclic amines) is 1. The fourth-order valence-electron chi connectivity index (χ4n) is 3.88. The molecule has 1 fully saturated rings. The fourth-order valence-corrected chi connectivity index (χ4v) is 5.01. The van der Waals surface area contributed by atoms with Crippen molar-refractivity contribution in [3.63, 3.8) is 0 Å². The van der Waals surface area contributed by atoms with E-state index < -0.39 is 9.84 Å². The van der Waals surface area contributed by atoms with Crippen LogP contribution in [-0.4, -0.2) is 44.0 Å². The number of hydrogen-bond acceptors (Lipinski definition) is 4. The van der Waals surface area contributed by atoms with Crippen LogP contribution in [0.25, 0.3) is 0 Å². The lowest BCUT2D eigenvalue weighted by molar-refractivity contribution is 0.138. The predicted octanol–water partition coefficient (Wildman–Crippen LogP) is 2.66. The second-order valence-corrected chi connectivity index (χ2v) is 10.0. The van der Waals surface area contributed by atoms with Crippen LogP contribution in [0.4, 0.5) is 0 Å². The number of nitrogens with zero attached hydrogens (tertiary/aromatic N) is 1. The largest absolute Gasteiger partial charge is 0.487 e. The predicted molar refractivity (Wildman–Crippen MR) is 92.6 cm³/mol. The van der Waals surface area contributed by atoms with Crippen LogP contribution in [0.5, 0.6) is 5.75 Å². The van der Waals surface area contributed by atoms with Crippen LogP contribution in [0.15, 0.2) is 18.2 Å². The monoisotopic (exact) mass is 337 g/mol. The molecule has 1 atom stereocenters. The van der Waals surface area contributed by atoms with Crippen LogP contribution in [0.2, 0.25) is 0 Å². The highest BCUT2D eigenvalue weighted by Crippen LogP contribution is 2.35. The van der Waals surface area contributed by atoms with Gasteiger partial charge in [0.05, 0.1) is 5.75 Å². The molecule has 2 heterocycles. The molecule has 2 aliphatic rings. The lowest BCUT2D eigenvalue weighted by atomic mass is 9.98. The highest BCUT2D eigenvalue weighted by molar-refractivity contribution is 7.90. The van der Waals surface area contributed by atoms with Gasteiger partial charge in [-0.05, 0) is 56.3 Å². The van der Waals surface area contributed by atoms with E-state index in [1.165, 1.54) is 17.4 Å². The van der Waals surface area contributed by atoms with Crippen molar-refractivity contribution in [1.82, 2.24) is 4.90 Å². The Morgan fingerprint density at radius 3 is 2.87 bits per heavy atom. The summed E-state index contributed by atoms with van der Waals surface area (Å²) < 4.78 is 29.0. The summed E-state index contributed by atoms with van der Waals surface area (Å²) in [6, 6.07) is 6.47. The standard InChI is InChI=1S/C18H27NO3S/c1-18(2)10-16-9-14(6-7-17(16)22-18)11-19-8-4-5-15(12-19)13-23(3,20)21/h6-7,9,15H,4-5,8,10-13H2,1-3H3. The van der Waals surface area contributed by atoms with Gasteiger partial charge in [0.2, 0.25) is 0 Å². The number of benzene rings is 1. The lowest BCUT2D eigenvalue weighted by Gasteiger charge is -2.32. The zero-order chi connectivity index (χ0) is 16.7. The van der Waals surface area contributed by atoms with E-state index in [0.29, 0.717) is 5.75 Å². The van der Waals surface area contributed by atoms with Crippen molar-refractivity contribution in [2.75, 3.05) is 25.1 Å². The lowest BCUT2D eigenvalue weighted by Crippen LogP contribution is -2.37. The molecule has 3 rings (SSSR count). The maximum atomic E-state index is 11.5. The molecule has 0 aliphatic carbocycles. The van der Waals surface area contributed by atoms with Crippen molar-refractivity contribution in [3.8, 4) is 5.75 Å². The van der Waals surface area contributed by atoms with Gasteiger partial charge in [-0.15, -0.1) is 0 Å². The van der Waals surface area contributed by atoms with E-state index in [-0.39, 0.29) is 11.5 Å². The average Bonchev–Trinajstić information content (AvgIpc) is 2.70. The molecule has 128 valence electrons. The molecular formula is C18H27NO3S. The average molecular weight is 337 g/mol. The van der Waals surface area contributed by atoms with Gasteiger partial charge in [-0.1, -0.05) is 12.1 Å². The first-order chi connectivity index (χ1) is 10.7. The summed E-state index contributed by atoms with van der Waals surface area (Å²) in [4.78, 5) is 2.39. The third-order valence-corrected chi connectivity index (χ3v) is 5.75. The van der Waals surface area contributed by atoms with E-state index in [0.717, 1.165) is 44.6 Å². The molecule has 0 saturated carbocycles. The van der Waals surface area contributed by atoms with Gasteiger partial charge in [-0.2, -0.15) is 0 Å². The maximum Gasteiger partial charge on any atom is 0.147 e. The molecule has 1 saturated heterocycles. The number of sulfone groups is 1. The van der Waals surface area contributed by atoms with Crippen LogP contribution in [0.1, 0.15) is 37.8 Å². The molecule has 0 spiro atoms. The third-order valence-electron chi connectivity index (χ3n) is 4.68. The smallest absolute Gasteiger partial charge is 0.147 e. The van der Waals surface area contributed by atoms with Gasteiger partial charge in [-0.3, -0.25) is 4.90 Å². The Morgan fingerprint density at radius 1 is 1.35 bits per heavy atom. The molecule has 0 bridgehead atoms. The number of hydrogen-bond donors (Lipinski definition) is 0. The quantitative estimate of drug-likeness (QED) is 0.847. The summed E-state index contributed by atoms with van der Waals surface area (Å²) in [5.41, 5.74) is 2.48. The first-order valence-corrected chi connectivity index (χ1v) is 10.5. The topological polar surface area (TPSA) is 46.6 Å². The molecule has 1 unspecified atom stereocenters. The van der Waals surface area contributed by atoms with Gasteiger partial charge in [-0.25, -0.2) is 8.42 Å². The van der Waals surface area contributed by atoms with Gasteiger partial charge in [0, 0.05) is 25.8 Å². The van der Waals surface area contributed by atoms with Crippen molar-refractivity contribution in [3.05, 3.63) is 29.3 Å². The van der Waals surface area contributed by atoms with Gasteiger partial charge >= 0.3 is 0 Å². The first-order valence-electron chi connectivity index (χ1n) is 8.41. The minimum absolute atomic E-state index is 0.105. The summed E-state index contributed by atoms with van der Waals surface area (Å²) in [6.45, 7) is 7.07. The number of piperidine rings is 1. The van der Waals surface area contributed by atoms with E-state index >= 15 is 0 Å². The van der Waals surface area contributed by atoms with Crippen molar-refractivity contribution < 1.29 is 13.2 Å². The van der Waals surface area contributed by atoms with E-state index in [4.69, 9.17) is 4.74 Å². The highest BCUT2D eigenvalue weighted by Gasteiger charge is 2.30. The van der Waals surface area contributed by atoms with Crippen molar-refractivity contribution in [2.45, 2.75) is 45.3 Å². The van der Waals surface area contributed by atoms with Crippen molar-refractivity contribution in [1.29, 1.82) is 0 Å². The number of rotatable bonds is 4. The molecule has 5 heteroatoms. The van der Waals surface area contributed by atoms with Crippen LogP contribution in [0, 0.1) is 5.92 Å². The Balaban J connectivity index is 1.64. The molecule has 4 nitrogen and oxygen atoms in total. The molecule has 2 aliphatic heterocycles. The van der Waals surface area contributed by atoms with E-state index in [1.807, 2.05) is 0 Å². The molecule has 0 amide bonds. The van der Waals surface area contributed by atoms with Gasteiger partial charge < -0.3 is 4.74 Å². The minimum atomic E-state index is -2.88. The Bertz CT molecular complexity index is 682. The fraction of sp³-hybridized carbons (Fsp3) is 0.667. The Morgan fingerprint density at radius 2 is 2.13 bits per heavy atom. The molecule has 23 heavy (non-hydrogen) atoms. The van der Waals surface area contributed by atoms with E-state index in [2.05, 4.69) is 36.9 Å². The van der Waals surface area contributed by atoms with E-state index in [9.17, 15) is 8.42 Å². The molecule has 1 aromatic carbocycles. The maximum absolute atomic E-state index is 11.5. The normalized spacial score (nSPS) is 24.2. The summed E-state index contributed by atoms with van der Waals surface area (Å²) in [5, 5.41) is 0. The second-order valence-electron chi connectivity index (χ2n) is 7.82. The van der Waals surface area contributed by atoms with Crippen LogP contribution >= 0.6 is 0 Å². The van der Waals surface area contributed by atoms with Crippen molar-refractivity contribution >= 4 is 9.84 Å². The van der Waals surface area contributed by atoms with Gasteiger partial charge in [0.15, 0.2) is 0 Å². The SMILES string of the molecule is CC1(C)Cc2cc(CN3CCCC(CS(C)(=O)=O)C3)ccc2O1.